The molecule has 114 valence electrons. The van der Waals surface area contributed by atoms with Gasteiger partial charge in [-0.3, -0.25) is 0 Å². The Bertz CT molecular complexity index is 586. The van der Waals surface area contributed by atoms with Gasteiger partial charge in [0.2, 0.25) is 5.89 Å². The standard InChI is InChI=1S/C15H20FN3O2/c1-3-12(17)6-10-5-11(16)8-13(7-10)20-9-15-19-18-14(4-2)21-15/h5,7-8,12H,3-4,6,9,17H2,1-2H3. The lowest BCUT2D eigenvalue weighted by Crippen LogP contribution is -2.21. The molecule has 1 heterocycles. The van der Waals surface area contributed by atoms with Crippen molar-refractivity contribution in [2.24, 2.45) is 5.73 Å². The molecule has 1 atom stereocenters. The molecule has 0 fully saturated rings. The maximum absolute atomic E-state index is 13.6. The van der Waals surface area contributed by atoms with E-state index in [1.165, 1.54) is 12.1 Å². The van der Waals surface area contributed by atoms with Crippen molar-refractivity contribution < 1.29 is 13.5 Å². The Morgan fingerprint density at radius 3 is 2.67 bits per heavy atom. The number of nitrogens with two attached hydrogens (primary N) is 1. The third kappa shape index (κ3) is 4.53. The number of ether oxygens (including phenoxy) is 1. The summed E-state index contributed by atoms with van der Waals surface area (Å²) in [5.74, 6) is 1.03. The van der Waals surface area contributed by atoms with Crippen LogP contribution < -0.4 is 10.5 Å². The summed E-state index contributed by atoms with van der Waals surface area (Å²) in [7, 11) is 0. The molecule has 1 aromatic heterocycles. The van der Waals surface area contributed by atoms with Gasteiger partial charge in [0.1, 0.15) is 11.6 Å². The van der Waals surface area contributed by atoms with Gasteiger partial charge < -0.3 is 14.9 Å². The number of hydrogen-bond donors (Lipinski definition) is 1. The number of aromatic nitrogens is 2. The molecule has 2 rings (SSSR count). The van der Waals surface area contributed by atoms with Crippen molar-refractivity contribution in [3.8, 4) is 5.75 Å². The quantitative estimate of drug-likeness (QED) is 0.849. The van der Waals surface area contributed by atoms with Crippen molar-refractivity contribution in [2.45, 2.75) is 45.8 Å². The molecular weight excluding hydrogens is 273 g/mol. The fourth-order valence-corrected chi connectivity index (χ4v) is 1.90. The summed E-state index contributed by atoms with van der Waals surface area (Å²) < 4.78 is 24.4. The first kappa shape index (κ1) is 15.4. The molecule has 0 bridgehead atoms. The Kier molecular flexibility index (Phi) is 5.27. The fraction of sp³-hybridized carbons (Fsp3) is 0.467. The van der Waals surface area contributed by atoms with E-state index in [0.29, 0.717) is 30.4 Å². The van der Waals surface area contributed by atoms with E-state index in [0.717, 1.165) is 12.0 Å². The van der Waals surface area contributed by atoms with Crippen molar-refractivity contribution in [3.63, 3.8) is 0 Å². The first-order valence-electron chi connectivity index (χ1n) is 7.09. The molecule has 0 aliphatic heterocycles. The zero-order chi connectivity index (χ0) is 15.2. The number of nitrogens with zero attached hydrogens (tertiary/aromatic N) is 2. The van der Waals surface area contributed by atoms with Crippen LogP contribution in [0.3, 0.4) is 0 Å². The van der Waals surface area contributed by atoms with Gasteiger partial charge in [0.05, 0.1) is 0 Å². The molecule has 0 aliphatic rings. The van der Waals surface area contributed by atoms with Crippen LogP contribution >= 0.6 is 0 Å². The molecule has 0 amide bonds. The number of benzene rings is 1. The summed E-state index contributed by atoms with van der Waals surface area (Å²) >= 11 is 0. The summed E-state index contributed by atoms with van der Waals surface area (Å²) in [5.41, 5.74) is 6.71. The van der Waals surface area contributed by atoms with Crippen LogP contribution in [0.1, 0.15) is 37.6 Å². The van der Waals surface area contributed by atoms with Gasteiger partial charge >= 0.3 is 0 Å². The van der Waals surface area contributed by atoms with E-state index in [-0.39, 0.29) is 18.5 Å². The lowest BCUT2D eigenvalue weighted by molar-refractivity contribution is 0.258. The van der Waals surface area contributed by atoms with Crippen LogP contribution in [0.2, 0.25) is 0 Å². The molecule has 0 saturated heterocycles. The molecule has 6 heteroatoms. The maximum Gasteiger partial charge on any atom is 0.253 e. The van der Waals surface area contributed by atoms with Crippen LogP contribution in [0, 0.1) is 5.82 Å². The summed E-state index contributed by atoms with van der Waals surface area (Å²) in [5, 5.41) is 7.70. The van der Waals surface area contributed by atoms with Gasteiger partial charge in [0, 0.05) is 18.5 Å². The minimum Gasteiger partial charge on any atom is -0.484 e. The summed E-state index contributed by atoms with van der Waals surface area (Å²) in [4.78, 5) is 0. The van der Waals surface area contributed by atoms with Crippen LogP contribution in [-0.4, -0.2) is 16.2 Å². The molecule has 2 aromatic rings. The van der Waals surface area contributed by atoms with Gasteiger partial charge in [0.25, 0.3) is 5.89 Å². The molecule has 0 radical (unpaired) electrons. The monoisotopic (exact) mass is 293 g/mol. The molecule has 2 N–H and O–H groups in total. The normalized spacial score (nSPS) is 12.4. The van der Waals surface area contributed by atoms with Gasteiger partial charge in [-0.15, -0.1) is 10.2 Å². The van der Waals surface area contributed by atoms with E-state index in [9.17, 15) is 4.39 Å². The predicted octanol–water partition coefficient (Wildman–Crippen LogP) is 2.63. The van der Waals surface area contributed by atoms with Crippen molar-refractivity contribution >= 4 is 0 Å². The SMILES string of the molecule is CCc1nnc(COc2cc(F)cc(CC(N)CC)c2)o1. The van der Waals surface area contributed by atoms with E-state index >= 15 is 0 Å². The van der Waals surface area contributed by atoms with E-state index in [1.807, 2.05) is 13.8 Å². The molecule has 21 heavy (non-hydrogen) atoms. The van der Waals surface area contributed by atoms with Crippen LogP contribution in [0.5, 0.6) is 5.75 Å². The first-order valence-corrected chi connectivity index (χ1v) is 7.09. The Hall–Kier alpha value is -1.95. The summed E-state index contributed by atoms with van der Waals surface area (Å²) in [6.45, 7) is 4.05. The highest BCUT2D eigenvalue weighted by Crippen LogP contribution is 2.19. The Balaban J connectivity index is 2.02. The molecule has 1 aromatic carbocycles. The second kappa shape index (κ2) is 7.17. The second-order valence-corrected chi connectivity index (χ2v) is 4.90. The van der Waals surface area contributed by atoms with Gasteiger partial charge in [-0.2, -0.15) is 0 Å². The largest absolute Gasteiger partial charge is 0.484 e. The highest BCUT2D eigenvalue weighted by atomic mass is 19.1. The Morgan fingerprint density at radius 1 is 1.24 bits per heavy atom. The molecule has 5 nitrogen and oxygen atoms in total. The van der Waals surface area contributed by atoms with Crippen molar-refractivity contribution in [3.05, 3.63) is 41.4 Å². The predicted molar refractivity (Wildman–Crippen MR) is 76.4 cm³/mol. The van der Waals surface area contributed by atoms with Gasteiger partial charge in [-0.1, -0.05) is 13.8 Å². The molecular formula is C15H20FN3O2. The number of aryl methyl sites for hydroxylation is 1. The van der Waals surface area contributed by atoms with E-state index in [2.05, 4.69) is 10.2 Å². The fourth-order valence-electron chi connectivity index (χ4n) is 1.90. The van der Waals surface area contributed by atoms with E-state index in [4.69, 9.17) is 14.9 Å². The van der Waals surface area contributed by atoms with Crippen molar-refractivity contribution in [1.29, 1.82) is 0 Å². The van der Waals surface area contributed by atoms with Gasteiger partial charge in [-0.05, 0) is 30.5 Å². The van der Waals surface area contributed by atoms with Crippen molar-refractivity contribution in [2.75, 3.05) is 0 Å². The number of halogens is 1. The second-order valence-electron chi connectivity index (χ2n) is 4.90. The third-order valence-electron chi connectivity index (χ3n) is 3.13. The highest BCUT2D eigenvalue weighted by molar-refractivity contribution is 5.30. The number of hydrogen-bond acceptors (Lipinski definition) is 5. The smallest absolute Gasteiger partial charge is 0.253 e. The van der Waals surface area contributed by atoms with Crippen LogP contribution in [0.15, 0.2) is 22.6 Å². The van der Waals surface area contributed by atoms with Crippen molar-refractivity contribution in [1.82, 2.24) is 10.2 Å². The van der Waals surface area contributed by atoms with Gasteiger partial charge in [0.15, 0.2) is 6.61 Å². The lowest BCUT2D eigenvalue weighted by Gasteiger charge is -2.11. The third-order valence-corrected chi connectivity index (χ3v) is 3.13. The van der Waals surface area contributed by atoms with E-state index < -0.39 is 0 Å². The highest BCUT2D eigenvalue weighted by Gasteiger charge is 2.08. The molecule has 0 saturated carbocycles. The zero-order valence-electron chi connectivity index (χ0n) is 12.3. The van der Waals surface area contributed by atoms with E-state index in [1.54, 1.807) is 6.07 Å². The van der Waals surface area contributed by atoms with Gasteiger partial charge in [-0.25, -0.2) is 4.39 Å². The molecule has 0 spiro atoms. The van der Waals surface area contributed by atoms with Crippen LogP contribution in [0.4, 0.5) is 4.39 Å². The summed E-state index contributed by atoms with van der Waals surface area (Å²) in [6, 6.07) is 4.61. The minimum atomic E-state index is -0.342. The Morgan fingerprint density at radius 2 is 2.00 bits per heavy atom. The van der Waals surface area contributed by atoms with Crippen LogP contribution in [0.25, 0.3) is 0 Å². The lowest BCUT2D eigenvalue weighted by atomic mass is 10.0. The average Bonchev–Trinajstić information content (AvgIpc) is 2.92. The summed E-state index contributed by atoms with van der Waals surface area (Å²) in [6.07, 6.45) is 2.13. The average molecular weight is 293 g/mol. The first-order chi connectivity index (χ1) is 10.1. The zero-order valence-corrected chi connectivity index (χ0v) is 12.3. The van der Waals surface area contributed by atoms with Crippen LogP contribution in [-0.2, 0) is 19.4 Å². The molecule has 1 unspecified atom stereocenters. The number of rotatable bonds is 7. The minimum absolute atomic E-state index is 0.0164. The maximum atomic E-state index is 13.6. The molecule has 0 aliphatic carbocycles. The topological polar surface area (TPSA) is 74.2 Å². The Labute approximate surface area is 123 Å².